The van der Waals surface area contributed by atoms with Crippen LogP contribution in [0.1, 0.15) is 43.4 Å². The zero-order chi connectivity index (χ0) is 17.1. The summed E-state index contributed by atoms with van der Waals surface area (Å²) in [6.07, 6.45) is 0.692. The van der Waals surface area contributed by atoms with Crippen molar-refractivity contribution < 1.29 is 4.79 Å². The summed E-state index contributed by atoms with van der Waals surface area (Å²) in [5.74, 6) is 0.451. The molecule has 1 aliphatic rings. The number of rotatable bonds is 4. The zero-order valence-electron chi connectivity index (χ0n) is 13.8. The average Bonchev–Trinajstić information content (AvgIpc) is 3.06. The topological polar surface area (TPSA) is 53.2 Å². The number of benzene rings is 2. The monoisotopic (exact) mass is 343 g/mol. The largest absolute Gasteiger partial charge is 0.325 e. The van der Waals surface area contributed by atoms with Crippen LogP contribution in [-0.2, 0) is 4.79 Å². The number of anilines is 1. The van der Waals surface area contributed by atoms with E-state index < -0.39 is 0 Å². The number of halogens is 1. The lowest BCUT2D eigenvalue weighted by Crippen LogP contribution is -2.39. The molecule has 3 N–H and O–H groups in total. The van der Waals surface area contributed by atoms with E-state index in [-0.39, 0.29) is 18.0 Å². The average molecular weight is 344 g/mol. The van der Waals surface area contributed by atoms with Crippen LogP contribution in [0.5, 0.6) is 0 Å². The smallest absolute Gasteiger partial charge is 0.242 e. The van der Waals surface area contributed by atoms with Crippen LogP contribution < -0.4 is 16.2 Å². The van der Waals surface area contributed by atoms with E-state index in [4.69, 9.17) is 11.6 Å². The molecular formula is C19H22ClN3O. The predicted molar refractivity (Wildman–Crippen MR) is 98.0 cm³/mol. The second-order valence-corrected chi connectivity index (χ2v) is 6.88. The molecule has 1 amide bonds. The van der Waals surface area contributed by atoms with Crippen molar-refractivity contribution in [3.8, 4) is 0 Å². The highest BCUT2D eigenvalue weighted by Crippen LogP contribution is 2.24. The molecule has 2 aromatic carbocycles. The molecular weight excluding hydrogens is 322 g/mol. The summed E-state index contributed by atoms with van der Waals surface area (Å²) in [6, 6.07) is 15.5. The third kappa shape index (κ3) is 3.96. The maximum absolute atomic E-state index is 12.4. The number of amides is 1. The standard InChI is InChI=1S/C19H22ClN3O/c1-12(2)13-5-9-16(10-6-13)21-19(24)18-11-17(22-23-18)14-3-7-15(20)8-4-14/h3-10,12,17-18,22-23H,11H2,1-2H3,(H,21,24). The molecule has 1 heterocycles. The van der Waals surface area contributed by atoms with Gasteiger partial charge in [-0.1, -0.05) is 49.7 Å². The first-order chi connectivity index (χ1) is 11.5. The van der Waals surface area contributed by atoms with E-state index in [1.807, 2.05) is 36.4 Å². The van der Waals surface area contributed by atoms with Crippen molar-refractivity contribution in [3.05, 3.63) is 64.7 Å². The molecule has 0 bridgehead atoms. The summed E-state index contributed by atoms with van der Waals surface area (Å²) in [6.45, 7) is 4.30. The number of hydrazine groups is 1. The third-order valence-corrected chi connectivity index (χ3v) is 4.59. The van der Waals surface area contributed by atoms with Crippen molar-refractivity contribution in [3.63, 3.8) is 0 Å². The summed E-state index contributed by atoms with van der Waals surface area (Å²) in [5.41, 5.74) is 9.45. The van der Waals surface area contributed by atoms with E-state index in [0.29, 0.717) is 17.4 Å². The van der Waals surface area contributed by atoms with Gasteiger partial charge in [-0.2, -0.15) is 0 Å². The SMILES string of the molecule is CC(C)c1ccc(NC(=O)C2CC(c3ccc(Cl)cc3)NN2)cc1. The van der Waals surface area contributed by atoms with Crippen molar-refractivity contribution in [2.45, 2.75) is 38.3 Å². The van der Waals surface area contributed by atoms with Crippen LogP contribution in [0.2, 0.25) is 5.02 Å². The van der Waals surface area contributed by atoms with Crippen molar-refractivity contribution in [2.24, 2.45) is 0 Å². The second kappa shape index (κ2) is 7.34. The molecule has 1 aliphatic heterocycles. The first-order valence-electron chi connectivity index (χ1n) is 8.20. The fraction of sp³-hybridized carbons (Fsp3) is 0.316. The summed E-state index contributed by atoms with van der Waals surface area (Å²) < 4.78 is 0. The Labute approximate surface area is 147 Å². The molecule has 4 nitrogen and oxygen atoms in total. The van der Waals surface area contributed by atoms with Gasteiger partial charge in [-0.15, -0.1) is 0 Å². The molecule has 0 spiro atoms. The number of hydrogen-bond donors (Lipinski definition) is 3. The molecule has 1 saturated heterocycles. The fourth-order valence-corrected chi connectivity index (χ4v) is 2.95. The van der Waals surface area contributed by atoms with E-state index in [1.165, 1.54) is 5.56 Å². The lowest BCUT2D eigenvalue weighted by atomic mass is 10.0. The Bertz CT molecular complexity index is 698. The second-order valence-electron chi connectivity index (χ2n) is 6.45. The fourth-order valence-electron chi connectivity index (χ4n) is 2.82. The molecule has 3 rings (SSSR count). The van der Waals surface area contributed by atoms with Crippen molar-refractivity contribution >= 4 is 23.2 Å². The third-order valence-electron chi connectivity index (χ3n) is 4.34. The summed E-state index contributed by atoms with van der Waals surface area (Å²) in [7, 11) is 0. The van der Waals surface area contributed by atoms with Gasteiger partial charge in [0.1, 0.15) is 6.04 Å². The zero-order valence-corrected chi connectivity index (χ0v) is 14.6. The molecule has 0 aromatic heterocycles. The molecule has 24 heavy (non-hydrogen) atoms. The Kier molecular flexibility index (Phi) is 5.19. The lowest BCUT2D eigenvalue weighted by Gasteiger charge is -2.12. The molecule has 2 unspecified atom stereocenters. The van der Waals surface area contributed by atoms with Crippen LogP contribution in [0, 0.1) is 0 Å². The van der Waals surface area contributed by atoms with E-state index in [2.05, 4.69) is 42.1 Å². The van der Waals surface area contributed by atoms with Crippen LogP contribution in [0.4, 0.5) is 5.69 Å². The minimum atomic E-state index is -0.268. The van der Waals surface area contributed by atoms with Crippen molar-refractivity contribution in [2.75, 3.05) is 5.32 Å². The minimum absolute atomic E-state index is 0.0312. The van der Waals surface area contributed by atoms with Gasteiger partial charge in [0, 0.05) is 16.8 Å². The van der Waals surface area contributed by atoms with Crippen molar-refractivity contribution in [1.82, 2.24) is 10.9 Å². The van der Waals surface area contributed by atoms with E-state index in [1.54, 1.807) is 0 Å². The summed E-state index contributed by atoms with van der Waals surface area (Å²) in [5, 5.41) is 3.68. The Morgan fingerprint density at radius 2 is 1.75 bits per heavy atom. The van der Waals surface area contributed by atoms with E-state index in [9.17, 15) is 4.79 Å². The van der Waals surface area contributed by atoms with Gasteiger partial charge in [-0.3, -0.25) is 4.79 Å². The highest BCUT2D eigenvalue weighted by Gasteiger charge is 2.30. The molecule has 0 saturated carbocycles. The van der Waals surface area contributed by atoms with Gasteiger partial charge in [0.25, 0.3) is 0 Å². The predicted octanol–water partition coefficient (Wildman–Crippen LogP) is 4.01. The molecule has 5 heteroatoms. The van der Waals surface area contributed by atoms with Gasteiger partial charge in [0.2, 0.25) is 5.91 Å². The van der Waals surface area contributed by atoms with Crippen LogP contribution in [0.15, 0.2) is 48.5 Å². The van der Waals surface area contributed by atoms with Gasteiger partial charge in [0.15, 0.2) is 0 Å². The molecule has 126 valence electrons. The highest BCUT2D eigenvalue weighted by molar-refractivity contribution is 6.30. The van der Waals surface area contributed by atoms with Gasteiger partial charge < -0.3 is 5.32 Å². The molecule has 1 fully saturated rings. The number of nitrogens with one attached hydrogen (secondary N) is 3. The van der Waals surface area contributed by atoms with Gasteiger partial charge in [-0.05, 0) is 47.7 Å². The first kappa shape index (κ1) is 17.0. The normalized spacial score (nSPS) is 20.3. The Hall–Kier alpha value is -1.88. The van der Waals surface area contributed by atoms with Gasteiger partial charge >= 0.3 is 0 Å². The van der Waals surface area contributed by atoms with Gasteiger partial charge in [0.05, 0.1) is 0 Å². The molecule has 0 radical (unpaired) electrons. The Morgan fingerprint density at radius 3 is 2.38 bits per heavy atom. The Balaban J connectivity index is 1.59. The quantitative estimate of drug-likeness (QED) is 0.786. The maximum Gasteiger partial charge on any atom is 0.242 e. The maximum atomic E-state index is 12.4. The molecule has 2 aromatic rings. The van der Waals surface area contributed by atoms with Crippen LogP contribution in [0.25, 0.3) is 0 Å². The summed E-state index contributed by atoms with van der Waals surface area (Å²) in [4.78, 5) is 12.4. The number of hydrogen-bond acceptors (Lipinski definition) is 3. The first-order valence-corrected chi connectivity index (χ1v) is 8.58. The molecule has 0 aliphatic carbocycles. The van der Waals surface area contributed by atoms with Crippen LogP contribution in [0.3, 0.4) is 0 Å². The van der Waals surface area contributed by atoms with Crippen molar-refractivity contribution in [1.29, 1.82) is 0 Å². The number of carbonyl (C=O) groups excluding carboxylic acids is 1. The van der Waals surface area contributed by atoms with Crippen LogP contribution in [-0.4, -0.2) is 11.9 Å². The van der Waals surface area contributed by atoms with E-state index in [0.717, 1.165) is 11.3 Å². The van der Waals surface area contributed by atoms with Gasteiger partial charge in [-0.25, -0.2) is 10.9 Å². The van der Waals surface area contributed by atoms with Crippen LogP contribution >= 0.6 is 11.6 Å². The Morgan fingerprint density at radius 1 is 1.08 bits per heavy atom. The highest BCUT2D eigenvalue weighted by atomic mass is 35.5. The molecule has 2 atom stereocenters. The minimum Gasteiger partial charge on any atom is -0.325 e. The lowest BCUT2D eigenvalue weighted by molar-refractivity contribution is -0.117. The number of carbonyl (C=O) groups is 1. The summed E-state index contributed by atoms with van der Waals surface area (Å²) >= 11 is 5.92. The van der Waals surface area contributed by atoms with E-state index >= 15 is 0 Å².